The molecule has 0 amide bonds. The molecule has 4 nitrogen and oxygen atoms in total. The van der Waals surface area contributed by atoms with Crippen molar-refractivity contribution in [2.24, 2.45) is 0 Å². The van der Waals surface area contributed by atoms with Gasteiger partial charge in [0.15, 0.2) is 0 Å². The first-order chi connectivity index (χ1) is 28.4. The van der Waals surface area contributed by atoms with Crippen molar-refractivity contribution in [2.75, 3.05) is 46.3 Å². The quantitative estimate of drug-likeness (QED) is 0.155. The van der Waals surface area contributed by atoms with Gasteiger partial charge in [-0.3, -0.25) is 14.7 Å². The number of halogens is 6. The first-order valence-corrected chi connectivity index (χ1v) is 19.9. The molecule has 2 saturated heterocycles. The van der Waals surface area contributed by atoms with Crippen molar-refractivity contribution >= 4 is 0 Å². The van der Waals surface area contributed by atoms with Gasteiger partial charge in [-0.1, -0.05) is 146 Å². The fourth-order valence-corrected chi connectivity index (χ4v) is 8.03. The molecule has 2 heterocycles. The van der Waals surface area contributed by atoms with Crippen LogP contribution in [0.1, 0.15) is 45.5 Å². The minimum Gasteiger partial charge on any atom is -0.308 e. The number of rotatable bonds is 8. The van der Waals surface area contributed by atoms with Crippen LogP contribution in [-0.4, -0.2) is 61.0 Å². The molecule has 0 bridgehead atoms. The zero-order valence-electron chi connectivity index (χ0n) is 32.9. The van der Waals surface area contributed by atoms with E-state index in [4.69, 9.17) is 0 Å². The van der Waals surface area contributed by atoms with E-state index in [2.05, 4.69) is 63.5 Å². The Balaban J connectivity index is 0.000000179. The maximum Gasteiger partial charge on any atom is 0.417 e. The Morgan fingerprint density at radius 3 is 1.42 bits per heavy atom. The molecule has 59 heavy (non-hydrogen) atoms. The average Bonchev–Trinajstić information content (AvgIpc) is 3.25. The summed E-state index contributed by atoms with van der Waals surface area (Å²) in [5, 5.41) is 3.55. The lowest BCUT2D eigenvalue weighted by atomic mass is 9.98. The van der Waals surface area contributed by atoms with Gasteiger partial charge in [0, 0.05) is 64.4 Å². The molecular formula is C49H48F6N4. The summed E-state index contributed by atoms with van der Waals surface area (Å²) in [6.07, 6.45) is -8.72. The van der Waals surface area contributed by atoms with Gasteiger partial charge in [-0.05, 0) is 63.7 Å². The lowest BCUT2D eigenvalue weighted by Gasteiger charge is -2.39. The Hall–Kier alpha value is -5.26. The highest BCUT2D eigenvalue weighted by molar-refractivity contribution is 5.69. The van der Waals surface area contributed by atoms with Crippen molar-refractivity contribution in [3.8, 4) is 22.3 Å². The Kier molecular flexibility index (Phi) is 13.3. The molecule has 8 rings (SSSR count). The summed E-state index contributed by atoms with van der Waals surface area (Å²) in [7, 11) is 2.15. The summed E-state index contributed by atoms with van der Waals surface area (Å²) >= 11 is 0. The second-order valence-electron chi connectivity index (χ2n) is 15.3. The van der Waals surface area contributed by atoms with Gasteiger partial charge in [0.2, 0.25) is 0 Å². The minimum atomic E-state index is -4.36. The molecule has 2 unspecified atom stereocenters. The van der Waals surface area contributed by atoms with E-state index in [0.29, 0.717) is 23.2 Å². The largest absolute Gasteiger partial charge is 0.417 e. The number of hydrogen-bond acceptors (Lipinski definition) is 4. The SMILES string of the molecule is CN1CCN(Cc2ccc(-c3ccccc3C(F)(F)F)cc2)CC1c1ccccc1.FC(F)(F)c1ccccc1-c1ccc(CN2CCNC(c3ccccc3)C2)cc1. The van der Waals surface area contributed by atoms with Crippen LogP contribution in [0.15, 0.2) is 158 Å². The predicted molar refractivity (Wildman–Crippen MR) is 223 cm³/mol. The van der Waals surface area contributed by atoms with Gasteiger partial charge in [0.05, 0.1) is 11.1 Å². The van der Waals surface area contributed by atoms with Gasteiger partial charge in [-0.15, -0.1) is 0 Å². The fraction of sp³-hybridized carbons (Fsp3) is 0.265. The van der Waals surface area contributed by atoms with Crippen LogP contribution in [0.25, 0.3) is 22.3 Å². The maximum absolute atomic E-state index is 13.3. The van der Waals surface area contributed by atoms with Gasteiger partial charge in [-0.2, -0.15) is 26.3 Å². The highest BCUT2D eigenvalue weighted by atomic mass is 19.4. The Morgan fingerprint density at radius 1 is 0.492 bits per heavy atom. The van der Waals surface area contributed by atoms with Crippen LogP contribution < -0.4 is 5.32 Å². The van der Waals surface area contributed by atoms with Crippen molar-refractivity contribution in [1.82, 2.24) is 20.0 Å². The van der Waals surface area contributed by atoms with E-state index in [9.17, 15) is 26.3 Å². The number of benzene rings is 6. The van der Waals surface area contributed by atoms with Gasteiger partial charge < -0.3 is 5.32 Å². The third-order valence-electron chi connectivity index (χ3n) is 11.2. The second-order valence-corrected chi connectivity index (χ2v) is 15.3. The number of piperazine rings is 2. The Bertz CT molecular complexity index is 2220. The van der Waals surface area contributed by atoms with Gasteiger partial charge in [0.25, 0.3) is 0 Å². The van der Waals surface area contributed by atoms with Crippen LogP contribution in [0.2, 0.25) is 0 Å². The van der Waals surface area contributed by atoms with Crippen LogP contribution in [0.4, 0.5) is 26.3 Å². The smallest absolute Gasteiger partial charge is 0.308 e. The van der Waals surface area contributed by atoms with Crippen LogP contribution in [0.3, 0.4) is 0 Å². The molecule has 2 aliphatic rings. The fourth-order valence-electron chi connectivity index (χ4n) is 8.03. The monoisotopic (exact) mass is 806 g/mol. The zero-order chi connectivity index (χ0) is 41.4. The van der Waals surface area contributed by atoms with Crippen molar-refractivity contribution < 1.29 is 26.3 Å². The molecule has 2 atom stereocenters. The molecular weight excluding hydrogens is 759 g/mol. The molecule has 6 aromatic carbocycles. The number of nitrogens with zero attached hydrogens (tertiary/aromatic N) is 3. The molecule has 0 aromatic heterocycles. The van der Waals surface area contributed by atoms with E-state index >= 15 is 0 Å². The van der Waals surface area contributed by atoms with Crippen molar-refractivity contribution in [2.45, 2.75) is 37.5 Å². The highest BCUT2D eigenvalue weighted by Gasteiger charge is 2.34. The molecule has 0 radical (unpaired) electrons. The summed E-state index contributed by atoms with van der Waals surface area (Å²) in [5.41, 5.74) is 5.23. The molecule has 2 fully saturated rings. The van der Waals surface area contributed by atoms with Gasteiger partial charge in [-0.25, -0.2) is 0 Å². The molecule has 0 spiro atoms. The van der Waals surface area contributed by atoms with E-state index in [-0.39, 0.29) is 11.1 Å². The standard InChI is InChI=1S/C25H25F3N2.C24H23F3N2/c1-29-15-16-30(18-24(29)21-7-3-2-4-8-21)17-19-11-13-20(14-12-19)22-9-5-6-10-23(22)25(26,27)28;25-24(26,27)22-9-5-4-8-21(22)19-12-10-18(11-13-19)16-29-15-14-28-23(17-29)20-6-2-1-3-7-20/h2-14,24H,15-18H2,1H3;1-13,23,28H,14-17H2. The molecule has 0 saturated carbocycles. The summed E-state index contributed by atoms with van der Waals surface area (Å²) in [5.74, 6) is 0. The van der Waals surface area contributed by atoms with Crippen LogP contribution in [0.5, 0.6) is 0 Å². The Labute approximate surface area is 342 Å². The van der Waals surface area contributed by atoms with Gasteiger partial charge in [0.1, 0.15) is 0 Å². The summed E-state index contributed by atoms with van der Waals surface area (Å²) in [6.45, 7) is 7.22. The molecule has 10 heteroatoms. The van der Waals surface area contributed by atoms with E-state index in [1.165, 1.54) is 35.4 Å². The minimum absolute atomic E-state index is 0.220. The van der Waals surface area contributed by atoms with Crippen LogP contribution in [-0.2, 0) is 25.4 Å². The number of nitrogens with one attached hydrogen (secondary N) is 1. The first kappa shape index (κ1) is 41.9. The van der Waals surface area contributed by atoms with E-state index in [1.54, 1.807) is 36.4 Å². The average molecular weight is 807 g/mol. The second kappa shape index (κ2) is 18.8. The molecule has 1 N–H and O–H groups in total. The summed E-state index contributed by atoms with van der Waals surface area (Å²) in [6, 6.07) is 47.9. The normalized spacial score (nSPS) is 18.2. The first-order valence-electron chi connectivity index (χ1n) is 19.9. The van der Waals surface area contributed by atoms with Crippen LogP contribution >= 0.6 is 0 Å². The van der Waals surface area contributed by atoms with E-state index in [0.717, 1.165) is 75.6 Å². The summed E-state index contributed by atoms with van der Waals surface area (Å²) < 4.78 is 79.8. The number of alkyl halides is 6. The van der Waals surface area contributed by atoms with Crippen LogP contribution in [0, 0.1) is 0 Å². The van der Waals surface area contributed by atoms with Crippen molar-refractivity contribution in [1.29, 1.82) is 0 Å². The van der Waals surface area contributed by atoms with E-state index < -0.39 is 23.5 Å². The lowest BCUT2D eigenvalue weighted by molar-refractivity contribution is -0.137. The van der Waals surface area contributed by atoms with Crippen molar-refractivity contribution in [3.63, 3.8) is 0 Å². The van der Waals surface area contributed by atoms with E-state index in [1.807, 2.05) is 48.5 Å². The Morgan fingerprint density at radius 2 is 0.932 bits per heavy atom. The molecule has 2 aliphatic heterocycles. The lowest BCUT2D eigenvalue weighted by Crippen LogP contribution is -2.46. The van der Waals surface area contributed by atoms with Crippen molar-refractivity contribution in [3.05, 3.63) is 191 Å². The number of likely N-dealkylation sites (N-methyl/N-ethyl adjacent to an activating group) is 1. The maximum atomic E-state index is 13.3. The summed E-state index contributed by atoms with van der Waals surface area (Å²) in [4.78, 5) is 7.17. The zero-order valence-corrected chi connectivity index (χ0v) is 32.9. The number of hydrogen-bond donors (Lipinski definition) is 1. The molecule has 0 aliphatic carbocycles. The molecule has 306 valence electrons. The molecule has 6 aromatic rings. The predicted octanol–water partition coefficient (Wildman–Crippen LogP) is 11.4. The third kappa shape index (κ3) is 10.9. The highest BCUT2D eigenvalue weighted by Crippen LogP contribution is 2.38. The topological polar surface area (TPSA) is 21.8 Å². The third-order valence-corrected chi connectivity index (χ3v) is 11.2. The van der Waals surface area contributed by atoms with Gasteiger partial charge >= 0.3 is 12.4 Å².